The first kappa shape index (κ1) is 10.1. The van der Waals surface area contributed by atoms with Crippen LogP contribution in [-0.2, 0) is 0 Å². The van der Waals surface area contributed by atoms with Crippen LogP contribution in [-0.4, -0.2) is 5.48 Å². The van der Waals surface area contributed by atoms with Crippen molar-refractivity contribution in [1.82, 2.24) is 0 Å². The van der Waals surface area contributed by atoms with E-state index < -0.39 is 0 Å². The fourth-order valence-corrected chi connectivity index (χ4v) is 2.67. The molecule has 0 atom stereocenters. The van der Waals surface area contributed by atoms with Crippen LogP contribution >= 0.6 is 0 Å². The number of hydrogen-bond donors (Lipinski definition) is 0. The van der Waals surface area contributed by atoms with E-state index in [2.05, 4.69) is 60.7 Å². The zero-order valence-electron chi connectivity index (χ0n) is 9.27. The third-order valence-electron chi connectivity index (χ3n) is 3.39. The summed E-state index contributed by atoms with van der Waals surface area (Å²) in [6.07, 6.45) is 0. The van der Waals surface area contributed by atoms with Crippen LogP contribution in [0.4, 0.5) is 0 Å². The van der Waals surface area contributed by atoms with Crippen molar-refractivity contribution in [2.45, 2.75) is 0 Å². The van der Waals surface area contributed by atoms with Gasteiger partial charge in [0.25, 0.3) is 0 Å². The van der Waals surface area contributed by atoms with Gasteiger partial charge in [0.05, 0.1) is 0 Å². The molecule has 0 spiro atoms. The van der Waals surface area contributed by atoms with Gasteiger partial charge in [0.15, 0.2) is 0 Å². The second-order valence-corrected chi connectivity index (χ2v) is 4.29. The molecule has 1 heteroatoms. The summed E-state index contributed by atoms with van der Waals surface area (Å²) in [6.45, 7) is 0. The van der Waals surface area contributed by atoms with Crippen molar-refractivity contribution in [2.75, 3.05) is 0 Å². The lowest BCUT2D eigenvalue weighted by atomic mass is 9.95. The average Bonchev–Trinajstić information content (AvgIpc) is 2.36. The van der Waals surface area contributed by atoms with Crippen LogP contribution < -0.4 is 0 Å². The van der Waals surface area contributed by atoms with E-state index in [-0.39, 0.29) is 5.48 Å². The van der Waals surface area contributed by atoms with Crippen LogP contribution in [0.2, 0.25) is 0 Å². The Morgan fingerprint density at radius 2 is 0.706 bits per heavy atom. The van der Waals surface area contributed by atoms with Crippen LogP contribution in [0.1, 0.15) is 0 Å². The van der Waals surface area contributed by atoms with Crippen molar-refractivity contribution in [2.24, 2.45) is 0 Å². The number of hydrogen-bond acceptors (Lipinski definition) is 0. The summed E-state index contributed by atoms with van der Waals surface area (Å²) in [7, 11) is 0. The lowest BCUT2D eigenvalue weighted by molar-refractivity contribution is 0.824. The molecule has 17 heavy (non-hydrogen) atoms. The van der Waals surface area contributed by atoms with Crippen molar-refractivity contribution < 1.29 is 5.48 Å². The SMILES string of the molecule is O.c1cc2ccc3cccc4ccc(c1)c2c34. The molecule has 0 aliphatic carbocycles. The minimum Gasteiger partial charge on any atom is -0.412 e. The maximum atomic E-state index is 2.21. The Balaban J connectivity index is 0.000000902. The van der Waals surface area contributed by atoms with Gasteiger partial charge in [-0.25, -0.2) is 0 Å². The summed E-state index contributed by atoms with van der Waals surface area (Å²) < 4.78 is 0. The standard InChI is InChI=1S/C16H10.H2O/c1-3-11-7-9-13-5-2-6-14-10-8-12(4-1)15(11)16(13)14;/h1-10H;1H2. The summed E-state index contributed by atoms with van der Waals surface area (Å²) in [5.74, 6) is 0. The minimum atomic E-state index is 0. The molecule has 0 unspecified atom stereocenters. The van der Waals surface area contributed by atoms with E-state index in [4.69, 9.17) is 0 Å². The van der Waals surface area contributed by atoms with Crippen molar-refractivity contribution in [3.8, 4) is 0 Å². The second kappa shape index (κ2) is 3.44. The average molecular weight is 220 g/mol. The Morgan fingerprint density at radius 1 is 0.412 bits per heavy atom. The van der Waals surface area contributed by atoms with Crippen molar-refractivity contribution in [3.63, 3.8) is 0 Å². The molecule has 0 fully saturated rings. The Morgan fingerprint density at radius 3 is 1.00 bits per heavy atom. The summed E-state index contributed by atoms with van der Waals surface area (Å²) >= 11 is 0. The van der Waals surface area contributed by atoms with Gasteiger partial charge in [0.2, 0.25) is 0 Å². The normalized spacial score (nSPS) is 11.1. The third kappa shape index (κ3) is 1.23. The van der Waals surface area contributed by atoms with Gasteiger partial charge >= 0.3 is 0 Å². The topological polar surface area (TPSA) is 31.5 Å². The van der Waals surface area contributed by atoms with Crippen molar-refractivity contribution in [3.05, 3.63) is 60.7 Å². The molecule has 0 heterocycles. The number of rotatable bonds is 0. The molecule has 0 bridgehead atoms. The molecule has 4 aromatic carbocycles. The Hall–Kier alpha value is -2.12. The molecular weight excluding hydrogens is 208 g/mol. The van der Waals surface area contributed by atoms with Gasteiger partial charge in [-0.15, -0.1) is 0 Å². The fraction of sp³-hybridized carbons (Fsp3) is 0. The monoisotopic (exact) mass is 220 g/mol. The van der Waals surface area contributed by atoms with Gasteiger partial charge < -0.3 is 5.48 Å². The van der Waals surface area contributed by atoms with E-state index in [1.54, 1.807) is 0 Å². The van der Waals surface area contributed by atoms with Gasteiger partial charge in [-0.3, -0.25) is 0 Å². The maximum absolute atomic E-state index is 2.21. The molecule has 0 aromatic heterocycles. The molecule has 0 aliphatic heterocycles. The smallest absolute Gasteiger partial charge is 0.00268 e. The van der Waals surface area contributed by atoms with Crippen LogP contribution in [0.5, 0.6) is 0 Å². The summed E-state index contributed by atoms with van der Waals surface area (Å²) in [5.41, 5.74) is 0. The highest BCUT2D eigenvalue weighted by Gasteiger charge is 2.05. The molecule has 1 nitrogen and oxygen atoms in total. The zero-order valence-corrected chi connectivity index (χ0v) is 9.27. The van der Waals surface area contributed by atoms with Crippen LogP contribution in [0.25, 0.3) is 32.3 Å². The summed E-state index contributed by atoms with van der Waals surface area (Å²) in [5, 5.41) is 8.14. The molecule has 82 valence electrons. The molecular formula is C16H12O. The predicted octanol–water partition coefficient (Wildman–Crippen LogP) is 3.76. The molecule has 0 saturated heterocycles. The van der Waals surface area contributed by atoms with E-state index >= 15 is 0 Å². The maximum Gasteiger partial charge on any atom is -0.00268 e. The highest BCUT2D eigenvalue weighted by atomic mass is 16.0. The van der Waals surface area contributed by atoms with Crippen molar-refractivity contribution >= 4 is 32.3 Å². The van der Waals surface area contributed by atoms with Gasteiger partial charge in [0.1, 0.15) is 0 Å². The van der Waals surface area contributed by atoms with Crippen LogP contribution in [0, 0.1) is 0 Å². The molecule has 0 aliphatic rings. The molecule has 0 radical (unpaired) electrons. The van der Waals surface area contributed by atoms with E-state index in [1.165, 1.54) is 32.3 Å². The first-order chi connectivity index (χ1) is 7.93. The Bertz CT molecular complexity index is 672. The van der Waals surface area contributed by atoms with E-state index in [0.29, 0.717) is 0 Å². The number of benzene rings is 4. The van der Waals surface area contributed by atoms with Gasteiger partial charge in [-0.2, -0.15) is 0 Å². The second-order valence-electron chi connectivity index (χ2n) is 4.29. The molecule has 0 saturated carbocycles. The first-order valence-electron chi connectivity index (χ1n) is 5.56. The third-order valence-corrected chi connectivity index (χ3v) is 3.39. The molecule has 4 rings (SSSR count). The lowest BCUT2D eigenvalue weighted by Crippen LogP contribution is -1.82. The molecule has 2 N–H and O–H groups in total. The predicted molar refractivity (Wildman–Crippen MR) is 73.8 cm³/mol. The summed E-state index contributed by atoms with van der Waals surface area (Å²) in [4.78, 5) is 0. The fourth-order valence-electron chi connectivity index (χ4n) is 2.67. The van der Waals surface area contributed by atoms with E-state index in [9.17, 15) is 0 Å². The highest BCUT2D eigenvalue weighted by molar-refractivity contribution is 6.22. The zero-order chi connectivity index (χ0) is 10.5. The van der Waals surface area contributed by atoms with Crippen molar-refractivity contribution in [1.29, 1.82) is 0 Å². The molecule has 4 aromatic rings. The summed E-state index contributed by atoms with van der Waals surface area (Å²) in [6, 6.07) is 21.9. The minimum absolute atomic E-state index is 0. The van der Waals surface area contributed by atoms with Gasteiger partial charge in [-0.05, 0) is 32.3 Å². The molecule has 0 amide bonds. The van der Waals surface area contributed by atoms with E-state index in [0.717, 1.165) is 0 Å². The van der Waals surface area contributed by atoms with Gasteiger partial charge in [-0.1, -0.05) is 60.7 Å². The largest absolute Gasteiger partial charge is 0.412 e. The first-order valence-corrected chi connectivity index (χ1v) is 5.56. The van der Waals surface area contributed by atoms with Crippen LogP contribution in [0.3, 0.4) is 0 Å². The lowest BCUT2D eigenvalue weighted by Gasteiger charge is -2.09. The van der Waals surface area contributed by atoms with E-state index in [1.807, 2.05) is 0 Å². The highest BCUT2D eigenvalue weighted by Crippen LogP contribution is 2.33. The van der Waals surface area contributed by atoms with Crippen LogP contribution in [0.15, 0.2) is 60.7 Å². The van der Waals surface area contributed by atoms with Gasteiger partial charge in [0, 0.05) is 0 Å². The Kier molecular flexibility index (Phi) is 2.03. The quantitative estimate of drug-likeness (QED) is 0.404. The Labute approximate surface area is 98.9 Å².